The van der Waals surface area contributed by atoms with Crippen molar-refractivity contribution >= 4 is 23.4 Å². The van der Waals surface area contributed by atoms with Crippen LogP contribution < -0.4 is 14.8 Å². The van der Waals surface area contributed by atoms with Crippen molar-refractivity contribution in [2.75, 3.05) is 39.5 Å². The first-order valence-corrected chi connectivity index (χ1v) is 10.9. The van der Waals surface area contributed by atoms with Crippen LogP contribution in [-0.4, -0.2) is 50.1 Å². The second kappa shape index (κ2) is 12.7. The number of amides is 1. The Bertz CT molecular complexity index is 1000. The largest absolute Gasteiger partial charge is 0.497 e. The molecular weight excluding hydrogens is 430 g/mol. The van der Waals surface area contributed by atoms with E-state index in [1.807, 2.05) is 18.2 Å². The zero-order valence-electron chi connectivity index (χ0n) is 17.9. The maximum atomic E-state index is 12.8. The maximum Gasteiger partial charge on any atom is 0.258 e. The molecule has 0 saturated carbocycles. The summed E-state index contributed by atoms with van der Waals surface area (Å²) in [7, 11) is 3.18. The predicted molar refractivity (Wildman–Crippen MR) is 122 cm³/mol. The average molecular weight is 456 g/mol. The molecule has 0 aliphatic carbocycles. The van der Waals surface area contributed by atoms with Crippen LogP contribution in [-0.2, 0) is 15.2 Å². The smallest absolute Gasteiger partial charge is 0.258 e. The minimum absolute atomic E-state index is 0.216. The van der Waals surface area contributed by atoms with Crippen molar-refractivity contribution in [2.45, 2.75) is 10.8 Å². The molecule has 1 amide bonds. The third kappa shape index (κ3) is 6.94. The molecule has 0 spiro atoms. The Morgan fingerprint density at radius 2 is 1.91 bits per heavy atom. The molecular formula is C23H25N3O5S. The van der Waals surface area contributed by atoms with Crippen LogP contribution in [0.25, 0.3) is 0 Å². The molecule has 0 unspecified atom stereocenters. The molecule has 0 bridgehead atoms. The van der Waals surface area contributed by atoms with Gasteiger partial charge < -0.3 is 24.3 Å². The van der Waals surface area contributed by atoms with Crippen molar-refractivity contribution in [2.24, 2.45) is 0 Å². The minimum Gasteiger partial charge on any atom is -0.497 e. The summed E-state index contributed by atoms with van der Waals surface area (Å²) in [5, 5.41) is 3.50. The summed E-state index contributed by atoms with van der Waals surface area (Å²) in [4.78, 5) is 21.1. The van der Waals surface area contributed by atoms with Gasteiger partial charge in [-0.25, -0.2) is 4.98 Å². The fraction of sp³-hybridized carbons (Fsp3) is 0.261. The Labute approximate surface area is 191 Å². The SMILES string of the molecule is COCOCCOc1cc(OC)ccc1CSc1ncccc1C(=O)Nc1ccncc1. The highest BCUT2D eigenvalue weighted by molar-refractivity contribution is 7.98. The normalized spacial score (nSPS) is 10.6. The van der Waals surface area contributed by atoms with Crippen LogP contribution in [0.3, 0.4) is 0 Å². The Kier molecular flexibility index (Phi) is 9.30. The first-order valence-electron chi connectivity index (χ1n) is 9.87. The number of thioether (sulfide) groups is 1. The molecule has 1 N–H and O–H groups in total. The number of carbonyl (C=O) groups is 1. The highest BCUT2D eigenvalue weighted by Gasteiger charge is 2.15. The monoisotopic (exact) mass is 455 g/mol. The van der Waals surface area contributed by atoms with Crippen LogP contribution in [0.2, 0.25) is 0 Å². The standard InChI is InChI=1S/C23H25N3O5S/c1-28-16-30-12-13-31-21-14-19(29-2)6-5-17(21)15-32-23-20(4-3-9-25-23)22(27)26-18-7-10-24-11-8-18/h3-11,14H,12-13,15-16H2,1-2H3,(H,24,26,27). The first kappa shape index (κ1) is 23.5. The number of pyridine rings is 2. The summed E-state index contributed by atoms with van der Waals surface area (Å²) in [6.45, 7) is 0.989. The number of benzene rings is 1. The predicted octanol–water partition coefficient (Wildman–Crippen LogP) is 4.03. The summed E-state index contributed by atoms with van der Waals surface area (Å²) >= 11 is 1.46. The van der Waals surface area contributed by atoms with Gasteiger partial charge in [-0.3, -0.25) is 9.78 Å². The van der Waals surface area contributed by atoms with Crippen molar-refractivity contribution in [1.82, 2.24) is 9.97 Å². The van der Waals surface area contributed by atoms with Gasteiger partial charge in [0.25, 0.3) is 5.91 Å². The van der Waals surface area contributed by atoms with Gasteiger partial charge in [0.05, 0.1) is 19.3 Å². The van der Waals surface area contributed by atoms with E-state index >= 15 is 0 Å². The Morgan fingerprint density at radius 3 is 2.69 bits per heavy atom. The number of nitrogens with one attached hydrogen (secondary N) is 1. The highest BCUT2D eigenvalue weighted by Crippen LogP contribution is 2.31. The van der Waals surface area contributed by atoms with Gasteiger partial charge in [-0.05, 0) is 30.3 Å². The summed E-state index contributed by atoms with van der Waals surface area (Å²) in [6.07, 6.45) is 4.92. The van der Waals surface area contributed by atoms with Crippen LogP contribution in [0.4, 0.5) is 5.69 Å². The molecule has 0 saturated heterocycles. The van der Waals surface area contributed by atoms with Gasteiger partial charge in [0.2, 0.25) is 0 Å². The van der Waals surface area contributed by atoms with E-state index in [1.165, 1.54) is 11.8 Å². The summed E-state index contributed by atoms with van der Waals surface area (Å²) < 4.78 is 21.4. The van der Waals surface area contributed by atoms with Gasteiger partial charge in [0, 0.05) is 48.8 Å². The van der Waals surface area contributed by atoms with Gasteiger partial charge >= 0.3 is 0 Å². The lowest BCUT2D eigenvalue weighted by atomic mass is 10.2. The molecule has 0 aliphatic heterocycles. The molecule has 2 aromatic heterocycles. The minimum atomic E-state index is -0.228. The van der Waals surface area contributed by atoms with Crippen LogP contribution >= 0.6 is 11.8 Å². The molecule has 8 nitrogen and oxygen atoms in total. The van der Waals surface area contributed by atoms with Crippen molar-refractivity contribution in [3.8, 4) is 11.5 Å². The number of hydrogen-bond donors (Lipinski definition) is 1. The molecule has 0 fully saturated rings. The maximum absolute atomic E-state index is 12.8. The molecule has 3 aromatic rings. The lowest BCUT2D eigenvalue weighted by Crippen LogP contribution is -2.13. The van der Waals surface area contributed by atoms with E-state index in [9.17, 15) is 4.79 Å². The summed E-state index contributed by atoms with van der Waals surface area (Å²) in [6, 6.07) is 12.6. The lowest BCUT2D eigenvalue weighted by Gasteiger charge is -2.14. The molecule has 0 aliphatic rings. The third-order valence-corrected chi connectivity index (χ3v) is 5.33. The Hall–Kier alpha value is -3.14. The van der Waals surface area contributed by atoms with Crippen LogP contribution in [0.1, 0.15) is 15.9 Å². The van der Waals surface area contributed by atoms with Crippen LogP contribution in [0, 0.1) is 0 Å². The fourth-order valence-electron chi connectivity index (χ4n) is 2.73. The number of anilines is 1. The topological polar surface area (TPSA) is 91.8 Å². The number of rotatable bonds is 12. The third-order valence-electron chi connectivity index (χ3n) is 4.28. The number of nitrogens with zero attached hydrogens (tertiary/aromatic N) is 2. The summed E-state index contributed by atoms with van der Waals surface area (Å²) in [5.74, 6) is 1.72. The number of hydrogen-bond acceptors (Lipinski definition) is 8. The number of methoxy groups -OCH3 is 2. The zero-order valence-corrected chi connectivity index (χ0v) is 18.8. The van der Waals surface area contributed by atoms with Crippen molar-refractivity contribution in [3.05, 3.63) is 72.2 Å². The van der Waals surface area contributed by atoms with Gasteiger partial charge in [-0.2, -0.15) is 0 Å². The molecule has 168 valence electrons. The van der Waals surface area contributed by atoms with Gasteiger partial charge in [-0.15, -0.1) is 11.8 Å². The van der Waals surface area contributed by atoms with E-state index in [0.29, 0.717) is 46.7 Å². The van der Waals surface area contributed by atoms with Gasteiger partial charge in [-0.1, -0.05) is 6.07 Å². The van der Waals surface area contributed by atoms with Crippen molar-refractivity contribution < 1.29 is 23.7 Å². The van der Waals surface area contributed by atoms with Gasteiger partial charge in [0.15, 0.2) is 0 Å². The molecule has 3 rings (SSSR count). The first-order chi connectivity index (χ1) is 15.7. The highest BCUT2D eigenvalue weighted by atomic mass is 32.2. The zero-order chi connectivity index (χ0) is 22.6. The Balaban J connectivity index is 1.69. The quantitative estimate of drug-likeness (QED) is 0.249. The van der Waals surface area contributed by atoms with Crippen molar-refractivity contribution in [1.29, 1.82) is 0 Å². The molecule has 1 aromatic carbocycles. The van der Waals surface area contributed by atoms with E-state index in [2.05, 4.69) is 15.3 Å². The molecule has 9 heteroatoms. The molecule has 32 heavy (non-hydrogen) atoms. The van der Waals surface area contributed by atoms with E-state index < -0.39 is 0 Å². The lowest BCUT2D eigenvalue weighted by molar-refractivity contribution is -0.0388. The van der Waals surface area contributed by atoms with Crippen molar-refractivity contribution in [3.63, 3.8) is 0 Å². The second-order valence-electron chi connectivity index (χ2n) is 6.47. The number of ether oxygens (including phenoxy) is 4. The van der Waals surface area contributed by atoms with E-state index in [-0.39, 0.29) is 12.7 Å². The van der Waals surface area contributed by atoms with E-state index in [1.54, 1.807) is 57.1 Å². The van der Waals surface area contributed by atoms with Crippen LogP contribution in [0.15, 0.2) is 66.1 Å². The fourth-order valence-corrected chi connectivity index (χ4v) is 3.71. The number of aromatic nitrogens is 2. The van der Waals surface area contributed by atoms with E-state index in [4.69, 9.17) is 18.9 Å². The molecule has 0 radical (unpaired) electrons. The van der Waals surface area contributed by atoms with E-state index in [0.717, 1.165) is 5.56 Å². The molecule has 0 atom stereocenters. The van der Waals surface area contributed by atoms with Crippen LogP contribution in [0.5, 0.6) is 11.5 Å². The summed E-state index contributed by atoms with van der Waals surface area (Å²) in [5.41, 5.74) is 2.12. The molecule has 2 heterocycles. The van der Waals surface area contributed by atoms with Gasteiger partial charge in [0.1, 0.15) is 29.9 Å². The number of carbonyl (C=O) groups excluding carboxylic acids is 1. The second-order valence-corrected chi connectivity index (χ2v) is 7.44. The Morgan fingerprint density at radius 1 is 1.06 bits per heavy atom. The average Bonchev–Trinajstić information content (AvgIpc) is 2.83.